The minimum absolute atomic E-state index is 0.0245. The summed E-state index contributed by atoms with van der Waals surface area (Å²) >= 11 is 3.34. The molecule has 3 aromatic carbocycles. The molecule has 0 aromatic heterocycles. The number of hydrogen-bond donors (Lipinski definition) is 1. The number of carbonyl (C=O) groups excluding carboxylic acids is 1. The summed E-state index contributed by atoms with van der Waals surface area (Å²) in [6.45, 7) is 3.30. The first-order chi connectivity index (χ1) is 17.1. The number of ether oxygens (including phenoxy) is 3. The van der Waals surface area contributed by atoms with Gasteiger partial charge in [0.15, 0.2) is 11.5 Å². The third-order valence-electron chi connectivity index (χ3n) is 5.61. The molecule has 36 heavy (non-hydrogen) atoms. The van der Waals surface area contributed by atoms with Crippen LogP contribution >= 0.6 is 15.9 Å². The molecule has 0 spiro atoms. The zero-order valence-electron chi connectivity index (χ0n) is 20.7. The van der Waals surface area contributed by atoms with E-state index in [1.165, 1.54) is 26.4 Å². The Hall–Kier alpha value is -3.24. The quantitative estimate of drug-likeness (QED) is 0.370. The molecule has 0 saturated carbocycles. The molecule has 0 aliphatic heterocycles. The second-order valence-corrected chi connectivity index (χ2v) is 10.8. The fraction of sp³-hybridized carbons (Fsp3) is 0.269. The van der Waals surface area contributed by atoms with Crippen molar-refractivity contribution in [2.24, 2.45) is 0 Å². The maximum atomic E-state index is 13.7. The minimum atomic E-state index is -4.08. The zero-order valence-corrected chi connectivity index (χ0v) is 23.1. The molecule has 0 unspecified atom stereocenters. The maximum absolute atomic E-state index is 13.7. The first-order valence-electron chi connectivity index (χ1n) is 11.0. The molecule has 0 heterocycles. The van der Waals surface area contributed by atoms with Gasteiger partial charge in [-0.15, -0.1) is 0 Å². The molecule has 3 aromatic rings. The molecular formula is C26H29BrN2O6S. The van der Waals surface area contributed by atoms with Crippen LogP contribution in [0.3, 0.4) is 0 Å². The summed E-state index contributed by atoms with van der Waals surface area (Å²) in [6.07, 6.45) is 0. The van der Waals surface area contributed by atoms with Gasteiger partial charge in [0.25, 0.3) is 10.0 Å². The van der Waals surface area contributed by atoms with Crippen LogP contribution in [0, 0.1) is 6.92 Å². The van der Waals surface area contributed by atoms with Crippen molar-refractivity contribution in [3.63, 3.8) is 0 Å². The summed E-state index contributed by atoms with van der Waals surface area (Å²) < 4.78 is 44.7. The number of sulfonamides is 1. The lowest BCUT2D eigenvalue weighted by molar-refractivity contribution is -0.120. The first-order valence-corrected chi connectivity index (χ1v) is 13.3. The second-order valence-electron chi connectivity index (χ2n) is 8.05. The highest BCUT2D eigenvalue weighted by Crippen LogP contribution is 2.32. The topological polar surface area (TPSA) is 94.2 Å². The molecule has 1 amide bonds. The van der Waals surface area contributed by atoms with Gasteiger partial charge in [-0.05, 0) is 77.8 Å². The Balaban J connectivity index is 1.90. The third-order valence-corrected chi connectivity index (χ3v) is 8.00. The molecule has 1 N–H and O–H groups in total. The Bertz CT molecular complexity index is 1330. The first kappa shape index (κ1) is 27.3. The van der Waals surface area contributed by atoms with Crippen LogP contribution in [-0.2, 0) is 14.8 Å². The van der Waals surface area contributed by atoms with E-state index in [1.54, 1.807) is 49.6 Å². The van der Waals surface area contributed by atoms with E-state index in [1.807, 2.05) is 19.9 Å². The number of nitrogens with zero attached hydrogens (tertiary/aromatic N) is 1. The summed E-state index contributed by atoms with van der Waals surface area (Å²) in [5, 5.41) is 2.88. The number of carbonyl (C=O) groups is 1. The largest absolute Gasteiger partial charge is 0.496 e. The molecular weight excluding hydrogens is 548 g/mol. The van der Waals surface area contributed by atoms with E-state index in [2.05, 4.69) is 21.2 Å². The second kappa shape index (κ2) is 11.7. The maximum Gasteiger partial charge on any atom is 0.264 e. The SMILES string of the molecule is COc1ccc(S(=O)(=O)N(CC(=O)N[C@@H](C)c2ccc(OC)c(OC)c2)c2ccc(C)cc2)cc1Br. The summed E-state index contributed by atoms with van der Waals surface area (Å²) in [7, 11) is 0.498. The lowest BCUT2D eigenvalue weighted by Crippen LogP contribution is -2.41. The summed E-state index contributed by atoms with van der Waals surface area (Å²) in [5.74, 6) is 1.14. The van der Waals surface area contributed by atoms with Gasteiger partial charge in [0, 0.05) is 0 Å². The number of rotatable bonds is 10. The van der Waals surface area contributed by atoms with Crippen molar-refractivity contribution in [1.29, 1.82) is 0 Å². The molecule has 0 saturated heterocycles. The van der Waals surface area contributed by atoms with E-state index in [9.17, 15) is 13.2 Å². The number of aryl methyl sites for hydroxylation is 1. The van der Waals surface area contributed by atoms with Gasteiger partial charge >= 0.3 is 0 Å². The summed E-state index contributed by atoms with van der Waals surface area (Å²) in [6, 6.07) is 16.3. The van der Waals surface area contributed by atoms with Gasteiger partial charge in [-0.1, -0.05) is 23.8 Å². The Labute approximate surface area is 220 Å². The average Bonchev–Trinajstić information content (AvgIpc) is 2.87. The van der Waals surface area contributed by atoms with E-state index >= 15 is 0 Å². The summed E-state index contributed by atoms with van der Waals surface area (Å²) in [4.78, 5) is 13.1. The van der Waals surface area contributed by atoms with E-state index in [-0.39, 0.29) is 4.90 Å². The van der Waals surface area contributed by atoms with Gasteiger partial charge in [-0.25, -0.2) is 8.42 Å². The van der Waals surface area contributed by atoms with Crippen LogP contribution < -0.4 is 23.8 Å². The number of anilines is 1. The van der Waals surface area contributed by atoms with E-state index in [0.717, 1.165) is 15.4 Å². The van der Waals surface area contributed by atoms with Crippen LogP contribution in [0.4, 0.5) is 5.69 Å². The Morgan fingerprint density at radius 1 is 0.917 bits per heavy atom. The highest BCUT2D eigenvalue weighted by Gasteiger charge is 2.28. The van der Waals surface area contributed by atoms with E-state index in [4.69, 9.17) is 14.2 Å². The van der Waals surface area contributed by atoms with Crippen LogP contribution in [0.25, 0.3) is 0 Å². The standard InChI is InChI=1S/C26H29BrN2O6S/c1-17-6-9-20(10-7-17)29(36(31,32)21-11-13-23(33-3)22(27)15-21)16-26(30)28-18(2)19-8-12-24(34-4)25(14-19)35-5/h6-15,18H,16H2,1-5H3,(H,28,30)/t18-/m0/s1. The molecule has 0 aliphatic rings. The molecule has 1 atom stereocenters. The lowest BCUT2D eigenvalue weighted by atomic mass is 10.1. The number of halogens is 1. The van der Waals surface area contributed by atoms with Crippen LogP contribution in [0.2, 0.25) is 0 Å². The monoisotopic (exact) mass is 576 g/mol. The predicted molar refractivity (Wildman–Crippen MR) is 143 cm³/mol. The molecule has 10 heteroatoms. The number of methoxy groups -OCH3 is 3. The Morgan fingerprint density at radius 3 is 2.11 bits per heavy atom. The molecule has 8 nitrogen and oxygen atoms in total. The van der Waals surface area contributed by atoms with E-state index in [0.29, 0.717) is 27.4 Å². The third kappa shape index (κ3) is 6.11. The van der Waals surface area contributed by atoms with Crippen molar-refractivity contribution in [2.45, 2.75) is 24.8 Å². The summed E-state index contributed by atoms with van der Waals surface area (Å²) in [5.41, 5.74) is 2.13. The van der Waals surface area contributed by atoms with Crippen molar-refractivity contribution >= 4 is 37.5 Å². The normalized spacial score (nSPS) is 11.9. The molecule has 0 radical (unpaired) electrons. The average molecular weight is 577 g/mol. The molecule has 0 fully saturated rings. The van der Waals surface area contributed by atoms with Crippen molar-refractivity contribution in [3.8, 4) is 17.2 Å². The van der Waals surface area contributed by atoms with E-state index < -0.39 is 28.5 Å². The van der Waals surface area contributed by atoms with Crippen molar-refractivity contribution < 1.29 is 27.4 Å². The van der Waals surface area contributed by atoms with Crippen molar-refractivity contribution in [2.75, 3.05) is 32.2 Å². The van der Waals surface area contributed by atoms with Crippen LogP contribution in [0.5, 0.6) is 17.2 Å². The minimum Gasteiger partial charge on any atom is -0.496 e. The van der Waals surface area contributed by atoms with Gasteiger partial charge in [-0.3, -0.25) is 9.10 Å². The van der Waals surface area contributed by atoms with Gasteiger partial charge in [-0.2, -0.15) is 0 Å². The van der Waals surface area contributed by atoms with Crippen LogP contribution in [0.1, 0.15) is 24.1 Å². The van der Waals surface area contributed by atoms with Gasteiger partial charge in [0.05, 0.1) is 42.4 Å². The number of amides is 1. The zero-order chi connectivity index (χ0) is 26.5. The number of hydrogen-bond acceptors (Lipinski definition) is 6. The smallest absolute Gasteiger partial charge is 0.264 e. The lowest BCUT2D eigenvalue weighted by Gasteiger charge is -2.25. The number of benzene rings is 3. The molecule has 3 rings (SSSR count). The van der Waals surface area contributed by atoms with Gasteiger partial charge < -0.3 is 19.5 Å². The Morgan fingerprint density at radius 2 is 1.53 bits per heavy atom. The highest BCUT2D eigenvalue weighted by atomic mass is 79.9. The highest BCUT2D eigenvalue weighted by molar-refractivity contribution is 9.10. The van der Waals surface area contributed by atoms with Crippen molar-refractivity contribution in [3.05, 3.63) is 76.3 Å². The molecule has 0 aliphatic carbocycles. The number of nitrogens with one attached hydrogen (secondary N) is 1. The fourth-order valence-corrected chi connectivity index (χ4v) is 5.72. The van der Waals surface area contributed by atoms with Gasteiger partial charge in [0.1, 0.15) is 12.3 Å². The van der Waals surface area contributed by atoms with Gasteiger partial charge in [0.2, 0.25) is 5.91 Å². The fourth-order valence-electron chi connectivity index (χ4n) is 3.58. The molecule has 192 valence electrons. The van der Waals surface area contributed by atoms with Crippen LogP contribution in [0.15, 0.2) is 70.0 Å². The van der Waals surface area contributed by atoms with Crippen molar-refractivity contribution in [1.82, 2.24) is 5.32 Å². The Kier molecular flexibility index (Phi) is 8.86. The predicted octanol–water partition coefficient (Wildman–Crippen LogP) is 4.86. The van der Waals surface area contributed by atoms with Crippen LogP contribution in [-0.4, -0.2) is 42.2 Å². The molecule has 0 bridgehead atoms.